The predicted molar refractivity (Wildman–Crippen MR) is 156 cm³/mol. The first-order valence-corrected chi connectivity index (χ1v) is 17.8. The molecule has 206 valence electrons. The summed E-state index contributed by atoms with van der Waals surface area (Å²) in [6.07, 6.45) is 9.05. The highest BCUT2D eigenvalue weighted by atomic mass is 35.5. The van der Waals surface area contributed by atoms with Gasteiger partial charge in [-0.05, 0) is 99.0 Å². The van der Waals surface area contributed by atoms with Crippen molar-refractivity contribution in [2.75, 3.05) is 12.5 Å². The summed E-state index contributed by atoms with van der Waals surface area (Å²) in [4.78, 5) is 0. The van der Waals surface area contributed by atoms with Crippen molar-refractivity contribution in [3.63, 3.8) is 0 Å². The molecule has 1 aromatic carbocycles. The van der Waals surface area contributed by atoms with Crippen LogP contribution in [0, 0.1) is 11.8 Å². The molecule has 3 atom stereocenters. The molecule has 0 unspecified atom stereocenters. The Kier molecular flexibility index (Phi) is 9.27. The fraction of sp³-hybridized carbons (Fsp3) is 0.806. The number of aliphatic hydroxyl groups is 1. The van der Waals surface area contributed by atoms with E-state index < -0.39 is 8.32 Å². The summed E-state index contributed by atoms with van der Waals surface area (Å²) in [5.74, 6) is 3.99. The summed E-state index contributed by atoms with van der Waals surface area (Å²) >= 11 is 5.89. The molecule has 2 aliphatic rings. The lowest BCUT2D eigenvalue weighted by molar-refractivity contribution is -0.0209. The Hall–Kier alpha value is -0.713. The van der Waals surface area contributed by atoms with Crippen LogP contribution in [-0.4, -0.2) is 31.5 Å². The number of rotatable bonds is 10. The average molecular weight is 537 g/mol. The summed E-state index contributed by atoms with van der Waals surface area (Å²) in [5, 5.41) is 10.2. The van der Waals surface area contributed by atoms with Gasteiger partial charge in [0.15, 0.2) is 0 Å². The Morgan fingerprint density at radius 3 is 2.33 bits per heavy atom. The monoisotopic (exact) mass is 536 g/mol. The molecule has 1 aliphatic carbocycles. The molecule has 0 saturated heterocycles. The van der Waals surface area contributed by atoms with Gasteiger partial charge in [-0.15, -0.1) is 11.6 Å². The second kappa shape index (κ2) is 11.2. The van der Waals surface area contributed by atoms with Crippen molar-refractivity contribution in [1.29, 1.82) is 0 Å². The van der Waals surface area contributed by atoms with Crippen molar-refractivity contribution >= 4 is 19.9 Å². The van der Waals surface area contributed by atoms with Crippen LogP contribution in [0.4, 0.5) is 0 Å². The van der Waals surface area contributed by atoms with Crippen molar-refractivity contribution < 1.29 is 14.3 Å². The topological polar surface area (TPSA) is 38.7 Å². The first kappa shape index (κ1) is 29.8. The minimum absolute atomic E-state index is 0.0338. The van der Waals surface area contributed by atoms with Gasteiger partial charge in [0.1, 0.15) is 17.1 Å². The SMILES string of the molecule is CC(C)(CCCCCCCl)c1cc2c(c(O[Si](C)(C)C(C)(C)C)c1)[C@@H]1C[C@H](CO)CC[C@H]1C(C)(C)O2. The molecule has 0 spiro atoms. The molecular formula is C31H53ClO3Si. The van der Waals surface area contributed by atoms with Gasteiger partial charge in [-0.3, -0.25) is 0 Å². The van der Waals surface area contributed by atoms with Crippen LogP contribution in [0.25, 0.3) is 0 Å². The number of hydrogen-bond donors (Lipinski definition) is 1. The van der Waals surface area contributed by atoms with E-state index in [1.807, 2.05) is 0 Å². The van der Waals surface area contributed by atoms with Gasteiger partial charge in [0.25, 0.3) is 0 Å². The number of ether oxygens (including phenoxy) is 1. The second-order valence-corrected chi connectivity index (χ2v) is 19.4. The Bertz CT molecular complexity index is 887. The third-order valence-corrected chi connectivity index (χ3v) is 14.2. The van der Waals surface area contributed by atoms with E-state index in [4.69, 9.17) is 20.8 Å². The molecule has 1 N–H and O–H groups in total. The summed E-state index contributed by atoms with van der Waals surface area (Å²) in [6.45, 7) is 21.1. The van der Waals surface area contributed by atoms with E-state index in [2.05, 4.69) is 73.7 Å². The van der Waals surface area contributed by atoms with E-state index >= 15 is 0 Å². The standard InChI is InChI=1S/C31H53ClO3Si/c1-29(2,3)36(8,9)35-27-20-23(30(4,5)16-12-10-11-13-17-32)19-26-28(27)24-18-22(21-33)14-15-25(24)31(6,7)34-26/h19-20,22,24-25,33H,10-18,21H2,1-9H3/t22-,24-,25-/m1/s1. The van der Waals surface area contributed by atoms with Crippen molar-refractivity contribution in [3.05, 3.63) is 23.3 Å². The molecule has 1 saturated carbocycles. The Balaban J connectivity index is 2.07. The fourth-order valence-corrected chi connectivity index (χ4v) is 7.26. The van der Waals surface area contributed by atoms with Gasteiger partial charge in [-0.2, -0.15) is 0 Å². The third kappa shape index (κ3) is 6.46. The Labute approximate surface area is 227 Å². The lowest BCUT2D eigenvalue weighted by Crippen LogP contribution is -2.48. The van der Waals surface area contributed by atoms with Crippen LogP contribution >= 0.6 is 11.6 Å². The predicted octanol–water partition coefficient (Wildman–Crippen LogP) is 9.20. The maximum atomic E-state index is 10.0. The van der Waals surface area contributed by atoms with Crippen molar-refractivity contribution in [1.82, 2.24) is 0 Å². The molecule has 1 aromatic rings. The molecule has 1 aliphatic heterocycles. The van der Waals surface area contributed by atoms with E-state index in [1.165, 1.54) is 30.4 Å². The minimum atomic E-state index is -2.06. The fourth-order valence-electron chi connectivity index (χ4n) is 6.05. The van der Waals surface area contributed by atoms with E-state index in [9.17, 15) is 5.11 Å². The maximum Gasteiger partial charge on any atom is 0.250 e. The van der Waals surface area contributed by atoms with Crippen LogP contribution in [-0.2, 0) is 5.41 Å². The molecule has 36 heavy (non-hydrogen) atoms. The van der Waals surface area contributed by atoms with Crippen molar-refractivity contribution in [2.45, 2.75) is 135 Å². The summed E-state index contributed by atoms with van der Waals surface area (Å²) in [7, 11) is -2.06. The third-order valence-electron chi connectivity index (χ3n) is 9.60. The highest BCUT2D eigenvalue weighted by Gasteiger charge is 2.49. The van der Waals surface area contributed by atoms with Gasteiger partial charge in [0.2, 0.25) is 8.32 Å². The van der Waals surface area contributed by atoms with Gasteiger partial charge in [-0.1, -0.05) is 53.9 Å². The maximum absolute atomic E-state index is 10.0. The Morgan fingerprint density at radius 1 is 1.06 bits per heavy atom. The van der Waals surface area contributed by atoms with E-state index in [-0.39, 0.29) is 22.7 Å². The summed E-state index contributed by atoms with van der Waals surface area (Å²) in [6, 6.07) is 4.69. The number of halogens is 1. The highest BCUT2D eigenvalue weighted by molar-refractivity contribution is 6.74. The lowest BCUT2D eigenvalue weighted by Gasteiger charge is -2.50. The smallest absolute Gasteiger partial charge is 0.250 e. The highest BCUT2D eigenvalue weighted by Crippen LogP contribution is 2.57. The van der Waals surface area contributed by atoms with Crippen molar-refractivity contribution in [2.24, 2.45) is 11.8 Å². The number of benzene rings is 1. The first-order chi connectivity index (χ1) is 16.6. The number of aliphatic hydroxyl groups excluding tert-OH is 1. The minimum Gasteiger partial charge on any atom is -0.543 e. The van der Waals surface area contributed by atoms with Crippen LogP contribution < -0.4 is 9.16 Å². The quantitative estimate of drug-likeness (QED) is 0.184. The zero-order valence-electron chi connectivity index (χ0n) is 24.6. The van der Waals surface area contributed by atoms with Crippen molar-refractivity contribution in [3.8, 4) is 11.5 Å². The first-order valence-electron chi connectivity index (χ1n) is 14.4. The van der Waals surface area contributed by atoms with Gasteiger partial charge >= 0.3 is 0 Å². The normalized spacial score (nSPS) is 24.0. The second-order valence-electron chi connectivity index (χ2n) is 14.3. The van der Waals surface area contributed by atoms with Gasteiger partial charge in [0.05, 0.1) is 0 Å². The van der Waals surface area contributed by atoms with Crippen LogP contribution in [0.3, 0.4) is 0 Å². The number of alkyl halides is 1. The molecule has 0 amide bonds. The molecular weight excluding hydrogens is 484 g/mol. The van der Waals surface area contributed by atoms with E-state index in [0.29, 0.717) is 17.8 Å². The van der Waals surface area contributed by atoms with Crippen LogP contribution in [0.1, 0.15) is 117 Å². The summed E-state index contributed by atoms with van der Waals surface area (Å²) < 4.78 is 14.0. The molecule has 3 rings (SSSR count). The van der Waals surface area contributed by atoms with Crippen LogP contribution in [0.5, 0.6) is 11.5 Å². The average Bonchev–Trinajstić information content (AvgIpc) is 2.76. The largest absolute Gasteiger partial charge is 0.543 e. The van der Waals surface area contributed by atoms with Crippen LogP contribution in [0.2, 0.25) is 18.1 Å². The molecule has 3 nitrogen and oxygen atoms in total. The Morgan fingerprint density at radius 2 is 1.72 bits per heavy atom. The molecule has 0 bridgehead atoms. The molecule has 0 radical (unpaired) electrons. The molecule has 5 heteroatoms. The molecule has 1 fully saturated rings. The number of hydrogen-bond acceptors (Lipinski definition) is 3. The van der Waals surface area contributed by atoms with Gasteiger partial charge in [-0.25, -0.2) is 0 Å². The molecule has 0 aromatic heterocycles. The number of fused-ring (bicyclic) bond motifs is 3. The van der Waals surface area contributed by atoms with E-state index in [1.54, 1.807) is 0 Å². The van der Waals surface area contributed by atoms with Crippen LogP contribution in [0.15, 0.2) is 12.1 Å². The van der Waals surface area contributed by atoms with E-state index in [0.717, 1.165) is 49.5 Å². The van der Waals surface area contributed by atoms with Gasteiger partial charge in [0, 0.05) is 24.0 Å². The lowest BCUT2D eigenvalue weighted by atomic mass is 9.63. The molecule has 1 heterocycles. The zero-order chi connectivity index (χ0) is 26.9. The summed E-state index contributed by atoms with van der Waals surface area (Å²) in [5.41, 5.74) is 2.39. The zero-order valence-corrected chi connectivity index (χ0v) is 26.4. The number of unbranched alkanes of at least 4 members (excludes halogenated alkanes) is 3. The van der Waals surface area contributed by atoms with Gasteiger partial charge < -0.3 is 14.3 Å².